The molecular formula is C7H13N3. The second-order valence-electron chi connectivity index (χ2n) is 2.41. The third-order valence-corrected chi connectivity index (χ3v) is 1.56. The van der Waals surface area contributed by atoms with E-state index in [4.69, 9.17) is 5.73 Å². The van der Waals surface area contributed by atoms with Crippen LogP contribution >= 0.6 is 0 Å². The van der Waals surface area contributed by atoms with Crippen molar-refractivity contribution in [3.63, 3.8) is 0 Å². The average Bonchev–Trinajstić information content (AvgIpc) is 2.38. The normalized spacial score (nSPS) is 13.4. The summed E-state index contributed by atoms with van der Waals surface area (Å²) >= 11 is 0. The van der Waals surface area contributed by atoms with Crippen LogP contribution in [0.1, 0.15) is 19.4 Å². The molecule has 3 heteroatoms. The first-order valence-electron chi connectivity index (χ1n) is 3.54. The second-order valence-corrected chi connectivity index (χ2v) is 2.41. The summed E-state index contributed by atoms with van der Waals surface area (Å²) in [6.07, 6.45) is 4.73. The number of nitrogens with two attached hydrogens (primary N) is 1. The Morgan fingerprint density at radius 2 is 2.50 bits per heavy atom. The van der Waals surface area contributed by atoms with Crippen LogP contribution in [0.5, 0.6) is 0 Å². The molecule has 0 aliphatic rings. The van der Waals surface area contributed by atoms with E-state index >= 15 is 0 Å². The highest BCUT2D eigenvalue weighted by Gasteiger charge is 2.00. The first kappa shape index (κ1) is 7.28. The topological polar surface area (TPSA) is 43.8 Å². The van der Waals surface area contributed by atoms with Crippen LogP contribution in [0.2, 0.25) is 0 Å². The van der Waals surface area contributed by atoms with Crippen molar-refractivity contribution < 1.29 is 0 Å². The van der Waals surface area contributed by atoms with Crippen molar-refractivity contribution in [2.45, 2.75) is 19.4 Å². The maximum absolute atomic E-state index is 5.39. The van der Waals surface area contributed by atoms with Gasteiger partial charge in [0.1, 0.15) is 0 Å². The van der Waals surface area contributed by atoms with Gasteiger partial charge >= 0.3 is 0 Å². The third kappa shape index (κ3) is 1.57. The summed E-state index contributed by atoms with van der Waals surface area (Å²) in [6, 6.07) is 2.35. The SMILES string of the molecule is C[C@H](CCN)n1cccn1. The minimum Gasteiger partial charge on any atom is -0.330 e. The molecule has 0 saturated heterocycles. The van der Waals surface area contributed by atoms with Gasteiger partial charge < -0.3 is 5.73 Å². The zero-order chi connectivity index (χ0) is 7.40. The van der Waals surface area contributed by atoms with Gasteiger partial charge in [-0.1, -0.05) is 0 Å². The Balaban J connectivity index is 2.50. The van der Waals surface area contributed by atoms with Gasteiger partial charge in [0.05, 0.1) is 6.04 Å². The van der Waals surface area contributed by atoms with Crippen molar-refractivity contribution in [3.8, 4) is 0 Å². The van der Waals surface area contributed by atoms with Crippen molar-refractivity contribution in [1.82, 2.24) is 9.78 Å². The van der Waals surface area contributed by atoms with Crippen LogP contribution in [0.4, 0.5) is 0 Å². The molecule has 0 radical (unpaired) electrons. The number of hydrogen-bond acceptors (Lipinski definition) is 2. The summed E-state index contributed by atoms with van der Waals surface area (Å²) in [5.74, 6) is 0. The average molecular weight is 139 g/mol. The highest BCUT2D eigenvalue weighted by molar-refractivity contribution is 4.80. The molecule has 0 bridgehead atoms. The molecule has 1 heterocycles. The van der Waals surface area contributed by atoms with Crippen molar-refractivity contribution in [3.05, 3.63) is 18.5 Å². The van der Waals surface area contributed by atoms with E-state index in [9.17, 15) is 0 Å². The Morgan fingerprint density at radius 3 is 3.00 bits per heavy atom. The van der Waals surface area contributed by atoms with E-state index in [2.05, 4.69) is 12.0 Å². The lowest BCUT2D eigenvalue weighted by Crippen LogP contribution is -2.11. The van der Waals surface area contributed by atoms with Crippen LogP contribution in [0, 0.1) is 0 Å². The third-order valence-electron chi connectivity index (χ3n) is 1.56. The summed E-state index contributed by atoms with van der Waals surface area (Å²) in [5, 5.41) is 4.10. The Bertz CT molecular complexity index is 169. The molecule has 1 aromatic heterocycles. The highest BCUT2D eigenvalue weighted by Crippen LogP contribution is 2.05. The molecule has 0 aromatic carbocycles. The van der Waals surface area contributed by atoms with Crippen LogP contribution in [-0.4, -0.2) is 16.3 Å². The van der Waals surface area contributed by atoms with Crippen molar-refractivity contribution >= 4 is 0 Å². The molecule has 1 rings (SSSR count). The van der Waals surface area contributed by atoms with E-state index in [-0.39, 0.29) is 0 Å². The lowest BCUT2D eigenvalue weighted by molar-refractivity contribution is 0.465. The van der Waals surface area contributed by atoms with Crippen LogP contribution in [-0.2, 0) is 0 Å². The molecule has 1 atom stereocenters. The molecular weight excluding hydrogens is 126 g/mol. The number of hydrogen-bond donors (Lipinski definition) is 1. The lowest BCUT2D eigenvalue weighted by Gasteiger charge is -2.09. The molecule has 1 aromatic rings. The van der Waals surface area contributed by atoms with Gasteiger partial charge in [0.2, 0.25) is 0 Å². The predicted octanol–water partition coefficient (Wildman–Crippen LogP) is 0.793. The summed E-state index contributed by atoms with van der Waals surface area (Å²) in [6.45, 7) is 2.83. The minimum absolute atomic E-state index is 0.431. The number of aromatic nitrogens is 2. The van der Waals surface area contributed by atoms with Crippen molar-refractivity contribution in [1.29, 1.82) is 0 Å². The van der Waals surface area contributed by atoms with E-state index in [1.54, 1.807) is 6.20 Å². The lowest BCUT2D eigenvalue weighted by atomic mass is 10.2. The van der Waals surface area contributed by atoms with Crippen molar-refractivity contribution in [2.24, 2.45) is 5.73 Å². The fourth-order valence-electron chi connectivity index (χ4n) is 0.915. The van der Waals surface area contributed by atoms with Crippen LogP contribution in [0.25, 0.3) is 0 Å². The number of nitrogens with zero attached hydrogens (tertiary/aromatic N) is 2. The van der Waals surface area contributed by atoms with Crippen LogP contribution < -0.4 is 5.73 Å². The Hall–Kier alpha value is -0.830. The molecule has 0 fully saturated rings. The van der Waals surface area contributed by atoms with Gasteiger partial charge in [0.25, 0.3) is 0 Å². The molecule has 0 aliphatic heterocycles. The predicted molar refractivity (Wildman–Crippen MR) is 40.6 cm³/mol. The first-order valence-corrected chi connectivity index (χ1v) is 3.54. The Labute approximate surface area is 60.8 Å². The van der Waals surface area contributed by atoms with Gasteiger partial charge in [0.15, 0.2) is 0 Å². The highest BCUT2D eigenvalue weighted by atomic mass is 15.3. The molecule has 56 valence electrons. The molecule has 2 N–H and O–H groups in total. The van der Waals surface area contributed by atoms with Crippen LogP contribution in [0.3, 0.4) is 0 Å². The van der Waals surface area contributed by atoms with Crippen molar-refractivity contribution in [2.75, 3.05) is 6.54 Å². The molecule has 10 heavy (non-hydrogen) atoms. The molecule has 0 aliphatic carbocycles. The van der Waals surface area contributed by atoms with E-state index in [1.165, 1.54) is 0 Å². The van der Waals surface area contributed by atoms with Gasteiger partial charge in [-0.15, -0.1) is 0 Å². The largest absolute Gasteiger partial charge is 0.330 e. The van der Waals surface area contributed by atoms with Gasteiger partial charge in [0, 0.05) is 12.4 Å². The maximum Gasteiger partial charge on any atom is 0.0503 e. The fourth-order valence-corrected chi connectivity index (χ4v) is 0.915. The maximum atomic E-state index is 5.39. The molecule has 0 amide bonds. The smallest absolute Gasteiger partial charge is 0.0503 e. The van der Waals surface area contributed by atoms with E-state index < -0.39 is 0 Å². The summed E-state index contributed by atoms with van der Waals surface area (Å²) < 4.78 is 1.92. The molecule has 0 saturated carbocycles. The minimum atomic E-state index is 0.431. The van der Waals surface area contributed by atoms with E-state index in [0.717, 1.165) is 13.0 Å². The van der Waals surface area contributed by atoms with Gasteiger partial charge in [-0.2, -0.15) is 5.10 Å². The second kappa shape index (κ2) is 3.37. The van der Waals surface area contributed by atoms with Gasteiger partial charge in [-0.25, -0.2) is 0 Å². The summed E-state index contributed by atoms with van der Waals surface area (Å²) in [4.78, 5) is 0. The molecule has 0 unspecified atom stereocenters. The van der Waals surface area contributed by atoms with E-state index in [1.807, 2.05) is 16.9 Å². The number of rotatable bonds is 3. The van der Waals surface area contributed by atoms with Gasteiger partial charge in [-0.3, -0.25) is 4.68 Å². The van der Waals surface area contributed by atoms with E-state index in [0.29, 0.717) is 6.04 Å². The quantitative estimate of drug-likeness (QED) is 0.673. The van der Waals surface area contributed by atoms with Crippen LogP contribution in [0.15, 0.2) is 18.5 Å². The molecule has 3 nitrogen and oxygen atoms in total. The zero-order valence-corrected chi connectivity index (χ0v) is 6.20. The molecule has 0 spiro atoms. The zero-order valence-electron chi connectivity index (χ0n) is 6.20. The Morgan fingerprint density at radius 1 is 1.70 bits per heavy atom. The summed E-state index contributed by atoms with van der Waals surface area (Å²) in [7, 11) is 0. The standard InChI is InChI=1S/C7H13N3/c1-7(3-4-8)10-6-2-5-9-10/h2,5-7H,3-4,8H2,1H3/t7-/m1/s1. The Kier molecular flexibility index (Phi) is 2.45. The monoisotopic (exact) mass is 139 g/mol. The fraction of sp³-hybridized carbons (Fsp3) is 0.571. The summed E-state index contributed by atoms with van der Waals surface area (Å²) in [5.41, 5.74) is 5.39. The van der Waals surface area contributed by atoms with Gasteiger partial charge in [-0.05, 0) is 26.0 Å². The first-order chi connectivity index (χ1) is 4.84.